The zero-order valence-corrected chi connectivity index (χ0v) is 16.4. The molecule has 0 aliphatic carbocycles. The zero-order chi connectivity index (χ0) is 19.3. The van der Waals surface area contributed by atoms with E-state index in [-0.39, 0.29) is 0 Å². The molecule has 0 fully saturated rings. The molecule has 3 rings (SSSR count). The van der Waals surface area contributed by atoms with Gasteiger partial charge >= 0.3 is 0 Å². The molecular weight excluding hydrogens is 327 g/mol. The number of allylic oxidation sites excluding steroid dienone is 2. The van der Waals surface area contributed by atoms with E-state index in [9.17, 15) is 0 Å². The van der Waals surface area contributed by atoms with Crippen molar-refractivity contribution in [3.8, 4) is 0 Å². The highest BCUT2D eigenvalue weighted by molar-refractivity contribution is 6.08. The van der Waals surface area contributed by atoms with Crippen molar-refractivity contribution in [2.45, 2.75) is 44.8 Å². The second kappa shape index (κ2) is 12.0. The summed E-state index contributed by atoms with van der Waals surface area (Å²) in [7, 11) is 5.52. The molecule has 1 heterocycles. The van der Waals surface area contributed by atoms with Gasteiger partial charge in [0.15, 0.2) is 0 Å². The van der Waals surface area contributed by atoms with Crippen LogP contribution in [0, 0.1) is 0 Å². The Bertz CT molecular complexity index is 710. The van der Waals surface area contributed by atoms with Crippen molar-refractivity contribution in [1.29, 1.82) is 0 Å². The summed E-state index contributed by atoms with van der Waals surface area (Å²) in [4.78, 5) is 6.91. The fourth-order valence-electron chi connectivity index (χ4n) is 2.86. The van der Waals surface area contributed by atoms with Crippen LogP contribution in [0.5, 0.6) is 0 Å². The Morgan fingerprint density at radius 1 is 0.926 bits per heavy atom. The van der Waals surface area contributed by atoms with Crippen LogP contribution in [0.2, 0.25) is 6.32 Å². The first-order valence-electron chi connectivity index (χ1n) is 9.65. The number of hydrogen-bond acceptors (Lipinski definition) is 1. The first-order chi connectivity index (χ1) is 13.2. The van der Waals surface area contributed by atoms with Crippen molar-refractivity contribution in [1.82, 2.24) is 9.97 Å². The van der Waals surface area contributed by atoms with Crippen molar-refractivity contribution in [2.75, 3.05) is 0 Å². The maximum Gasteiger partial charge on any atom is 0.0921 e. The molecule has 0 atom stereocenters. The zero-order valence-electron chi connectivity index (χ0n) is 16.4. The van der Waals surface area contributed by atoms with Crippen LogP contribution in [-0.4, -0.2) is 17.8 Å². The number of benzene rings is 2. The monoisotopic (exact) mass is 356 g/mol. The third kappa shape index (κ3) is 7.30. The van der Waals surface area contributed by atoms with E-state index >= 15 is 0 Å². The predicted octanol–water partition coefficient (Wildman–Crippen LogP) is 6.27. The summed E-state index contributed by atoms with van der Waals surface area (Å²) in [6.07, 6.45) is 10.7. The van der Waals surface area contributed by atoms with Gasteiger partial charge < -0.3 is 4.98 Å². The molecule has 2 radical (unpaired) electrons. The van der Waals surface area contributed by atoms with Gasteiger partial charge in [-0.3, -0.25) is 0 Å². The standard InChI is InChI=1S/C18H19B.C6H10N2/c19-15-9-3-8-14-18(16-10-4-1-5-11-16)17-12-6-2-7-13-17;1-5(2)6-3-7-4-8-6/h1-8,10-13,18H,9,14-15H2;3-5H,1-2H3,(H,7,8). The lowest BCUT2D eigenvalue weighted by Gasteiger charge is -2.16. The van der Waals surface area contributed by atoms with E-state index in [2.05, 4.69) is 96.6 Å². The molecule has 0 saturated carbocycles. The molecule has 2 nitrogen and oxygen atoms in total. The molecule has 0 saturated heterocycles. The molecule has 0 bridgehead atoms. The van der Waals surface area contributed by atoms with Gasteiger partial charge in [0.2, 0.25) is 0 Å². The second-order valence-corrected chi connectivity index (χ2v) is 6.82. The Labute approximate surface area is 165 Å². The minimum Gasteiger partial charge on any atom is -0.348 e. The van der Waals surface area contributed by atoms with Gasteiger partial charge in [0, 0.05) is 17.8 Å². The highest BCUT2D eigenvalue weighted by Gasteiger charge is 2.11. The summed E-state index contributed by atoms with van der Waals surface area (Å²) in [5, 5.41) is 0. The molecule has 3 aromatic rings. The van der Waals surface area contributed by atoms with Gasteiger partial charge in [0.25, 0.3) is 0 Å². The minimum absolute atomic E-state index is 0.427. The van der Waals surface area contributed by atoms with Crippen LogP contribution in [0.3, 0.4) is 0 Å². The van der Waals surface area contributed by atoms with Crippen molar-refractivity contribution in [3.63, 3.8) is 0 Å². The number of hydrogen-bond donors (Lipinski definition) is 1. The first-order valence-corrected chi connectivity index (χ1v) is 9.65. The maximum absolute atomic E-state index is 5.52. The Morgan fingerprint density at radius 2 is 1.52 bits per heavy atom. The molecule has 1 N–H and O–H groups in total. The third-order valence-electron chi connectivity index (χ3n) is 4.42. The number of nitrogens with one attached hydrogen (secondary N) is 1. The summed E-state index contributed by atoms with van der Waals surface area (Å²) in [5.74, 6) is 0.994. The molecule has 27 heavy (non-hydrogen) atoms. The van der Waals surface area contributed by atoms with Gasteiger partial charge in [-0.2, -0.15) is 0 Å². The van der Waals surface area contributed by atoms with Crippen LogP contribution in [0.4, 0.5) is 0 Å². The average molecular weight is 356 g/mol. The third-order valence-corrected chi connectivity index (χ3v) is 4.42. The van der Waals surface area contributed by atoms with Gasteiger partial charge in [0.1, 0.15) is 0 Å². The van der Waals surface area contributed by atoms with E-state index in [4.69, 9.17) is 7.85 Å². The molecule has 0 aliphatic rings. The Hall–Kier alpha value is -2.55. The lowest BCUT2D eigenvalue weighted by molar-refractivity contribution is 0.827. The SMILES string of the molecule is CC(C)c1cnc[nH]1.[B]CCC=CCC(c1ccccc1)c1ccccc1. The lowest BCUT2D eigenvalue weighted by atomic mass is 9.88. The van der Waals surface area contributed by atoms with Gasteiger partial charge in [-0.1, -0.05) is 93.0 Å². The van der Waals surface area contributed by atoms with Gasteiger partial charge in [-0.15, -0.1) is 0 Å². The van der Waals surface area contributed by atoms with E-state index < -0.39 is 0 Å². The normalized spacial score (nSPS) is 11.0. The van der Waals surface area contributed by atoms with Gasteiger partial charge in [-0.05, 0) is 29.9 Å². The van der Waals surface area contributed by atoms with Gasteiger partial charge in [0.05, 0.1) is 14.2 Å². The van der Waals surface area contributed by atoms with Crippen LogP contribution >= 0.6 is 0 Å². The number of rotatable bonds is 7. The molecular formula is C24H29BN2. The van der Waals surface area contributed by atoms with Crippen LogP contribution in [0.1, 0.15) is 55.3 Å². The summed E-state index contributed by atoms with van der Waals surface area (Å²) in [6.45, 7) is 4.26. The van der Waals surface area contributed by atoms with Crippen LogP contribution in [-0.2, 0) is 0 Å². The largest absolute Gasteiger partial charge is 0.348 e. The summed E-state index contributed by atoms with van der Waals surface area (Å²) in [6, 6.07) is 21.4. The minimum atomic E-state index is 0.427. The Kier molecular flexibility index (Phi) is 9.19. The van der Waals surface area contributed by atoms with Crippen LogP contribution in [0.25, 0.3) is 0 Å². The quantitative estimate of drug-likeness (QED) is 0.392. The first kappa shape index (κ1) is 20.8. The molecule has 0 aliphatic heterocycles. The highest BCUT2D eigenvalue weighted by atomic mass is 14.9. The summed E-state index contributed by atoms with van der Waals surface area (Å²) >= 11 is 0. The smallest absolute Gasteiger partial charge is 0.0921 e. The van der Waals surface area contributed by atoms with Crippen LogP contribution < -0.4 is 0 Å². The molecule has 1 aromatic heterocycles. The average Bonchev–Trinajstić information content (AvgIpc) is 3.25. The number of nitrogens with zero attached hydrogens (tertiary/aromatic N) is 1. The van der Waals surface area contributed by atoms with E-state index in [1.165, 1.54) is 16.8 Å². The summed E-state index contributed by atoms with van der Waals surface area (Å²) < 4.78 is 0. The maximum atomic E-state index is 5.52. The topological polar surface area (TPSA) is 28.7 Å². The van der Waals surface area contributed by atoms with Gasteiger partial charge in [-0.25, -0.2) is 4.98 Å². The predicted molar refractivity (Wildman–Crippen MR) is 116 cm³/mol. The highest BCUT2D eigenvalue weighted by Crippen LogP contribution is 2.28. The molecule has 3 heteroatoms. The van der Waals surface area contributed by atoms with Crippen molar-refractivity contribution in [2.24, 2.45) is 0 Å². The fraction of sp³-hybridized carbons (Fsp3) is 0.292. The number of aromatic nitrogens is 2. The molecule has 2 aromatic carbocycles. The summed E-state index contributed by atoms with van der Waals surface area (Å²) in [5.41, 5.74) is 3.93. The van der Waals surface area contributed by atoms with E-state index in [1.54, 1.807) is 6.33 Å². The second-order valence-electron chi connectivity index (χ2n) is 6.82. The van der Waals surface area contributed by atoms with Crippen molar-refractivity contribution in [3.05, 3.63) is 102 Å². The molecule has 0 amide bonds. The number of imidazole rings is 1. The Balaban J connectivity index is 0.000000273. The number of aromatic amines is 1. The lowest BCUT2D eigenvalue weighted by Crippen LogP contribution is -1.99. The molecule has 0 unspecified atom stereocenters. The number of H-pyrrole nitrogens is 1. The van der Waals surface area contributed by atoms with Crippen molar-refractivity contribution >= 4 is 7.85 Å². The van der Waals surface area contributed by atoms with E-state index in [0.717, 1.165) is 19.2 Å². The van der Waals surface area contributed by atoms with Crippen LogP contribution in [0.15, 0.2) is 85.3 Å². The van der Waals surface area contributed by atoms with Crippen molar-refractivity contribution < 1.29 is 0 Å². The Morgan fingerprint density at radius 3 is 1.93 bits per heavy atom. The molecule has 138 valence electrons. The van der Waals surface area contributed by atoms with E-state index in [1.807, 2.05) is 6.20 Å². The van der Waals surface area contributed by atoms with E-state index in [0.29, 0.717) is 11.8 Å². The molecule has 0 spiro atoms. The fourth-order valence-corrected chi connectivity index (χ4v) is 2.86.